The molecule has 1 N–H and O–H groups in total. The van der Waals surface area contributed by atoms with E-state index in [9.17, 15) is 8.42 Å². The van der Waals surface area contributed by atoms with Crippen LogP contribution in [0.1, 0.15) is 45.1 Å². The second-order valence-electron chi connectivity index (χ2n) is 5.94. The summed E-state index contributed by atoms with van der Waals surface area (Å²) in [6, 6.07) is 5.69. The molecule has 142 valence electrons. The second-order valence-corrected chi connectivity index (χ2v) is 9.08. The lowest BCUT2D eigenvalue weighted by atomic mass is 10.2. The van der Waals surface area contributed by atoms with Crippen molar-refractivity contribution in [1.29, 1.82) is 0 Å². The molecule has 1 heterocycles. The van der Waals surface area contributed by atoms with E-state index in [-0.39, 0.29) is 10.9 Å². The molecule has 1 aromatic carbocycles. The van der Waals surface area contributed by atoms with Gasteiger partial charge < -0.3 is 4.57 Å². The Morgan fingerprint density at radius 2 is 1.96 bits per heavy atom. The molecule has 0 saturated heterocycles. The molecule has 0 bridgehead atoms. The van der Waals surface area contributed by atoms with Crippen molar-refractivity contribution in [3.8, 4) is 0 Å². The van der Waals surface area contributed by atoms with Gasteiger partial charge in [0, 0.05) is 16.8 Å². The fraction of sp³-hybridized carbons (Fsp3) is 0.412. The van der Waals surface area contributed by atoms with Gasteiger partial charge in [-0.1, -0.05) is 36.4 Å². The summed E-state index contributed by atoms with van der Waals surface area (Å²) in [5.74, 6) is 1.31. The Morgan fingerprint density at radius 1 is 1.31 bits per heavy atom. The second kappa shape index (κ2) is 9.03. The van der Waals surface area contributed by atoms with Crippen LogP contribution < -0.4 is 4.72 Å². The first-order chi connectivity index (χ1) is 12.3. The lowest BCUT2D eigenvalue weighted by Crippen LogP contribution is -2.30. The van der Waals surface area contributed by atoms with Crippen LogP contribution in [0.15, 0.2) is 47.0 Å². The number of nitrogens with one attached hydrogen (secondary N) is 1. The van der Waals surface area contributed by atoms with Gasteiger partial charge in [-0.15, -0.1) is 16.8 Å². The molecule has 0 radical (unpaired) electrons. The molecule has 0 aliphatic carbocycles. The zero-order chi connectivity index (χ0) is 19.3. The summed E-state index contributed by atoms with van der Waals surface area (Å²) in [6.07, 6.45) is 2.34. The van der Waals surface area contributed by atoms with Crippen LogP contribution in [-0.2, 0) is 10.0 Å². The summed E-state index contributed by atoms with van der Waals surface area (Å²) in [5.41, 5.74) is 0. The Bertz CT molecular complexity index is 848. The van der Waals surface area contributed by atoms with Gasteiger partial charge in [-0.2, -0.15) is 0 Å². The summed E-state index contributed by atoms with van der Waals surface area (Å²) in [6.45, 7) is 9.66. The van der Waals surface area contributed by atoms with Crippen molar-refractivity contribution < 1.29 is 8.42 Å². The maximum absolute atomic E-state index is 12.7. The van der Waals surface area contributed by atoms with Crippen LogP contribution in [0.4, 0.5) is 0 Å². The van der Waals surface area contributed by atoms with Crippen molar-refractivity contribution in [2.45, 2.75) is 49.3 Å². The predicted molar refractivity (Wildman–Crippen MR) is 106 cm³/mol. The van der Waals surface area contributed by atoms with E-state index in [1.807, 2.05) is 25.3 Å². The number of benzene rings is 1. The third-order valence-corrected chi connectivity index (χ3v) is 6.36. The summed E-state index contributed by atoms with van der Waals surface area (Å²) in [7, 11) is -3.70. The van der Waals surface area contributed by atoms with Gasteiger partial charge in [0.15, 0.2) is 11.0 Å². The normalized spacial score (nSPS) is 13.1. The maximum atomic E-state index is 12.7. The fourth-order valence-corrected chi connectivity index (χ4v) is 4.64. The molecule has 0 fully saturated rings. The largest absolute Gasteiger partial charge is 0.302 e. The van der Waals surface area contributed by atoms with Crippen molar-refractivity contribution in [3.05, 3.63) is 47.8 Å². The van der Waals surface area contributed by atoms with E-state index < -0.39 is 16.1 Å². The van der Waals surface area contributed by atoms with Gasteiger partial charge >= 0.3 is 0 Å². The standard InChI is InChI=1S/C17H23ClN4O2S2/c1-5-11-25-17-20-19-16(22(17)12(3)4)15(6-2)21-26(23,24)14-9-7-13(18)8-10-14/h5,7-10,12,15,21H,1,6,11H2,2-4H3/t15-/m1/s1. The molecular formula is C17H23ClN4O2S2. The van der Waals surface area contributed by atoms with Crippen LogP contribution in [0.5, 0.6) is 0 Å². The van der Waals surface area contributed by atoms with Gasteiger partial charge in [0.1, 0.15) is 0 Å². The average molecular weight is 415 g/mol. The Morgan fingerprint density at radius 3 is 2.50 bits per heavy atom. The Hall–Kier alpha value is -1.35. The van der Waals surface area contributed by atoms with E-state index in [1.54, 1.807) is 18.2 Å². The van der Waals surface area contributed by atoms with Crippen molar-refractivity contribution in [2.75, 3.05) is 5.75 Å². The SMILES string of the molecule is C=CCSc1nnc([C@@H](CC)NS(=O)(=O)c2ccc(Cl)cc2)n1C(C)C. The minimum Gasteiger partial charge on any atom is -0.302 e. The average Bonchev–Trinajstić information content (AvgIpc) is 3.02. The van der Waals surface area contributed by atoms with Crippen LogP contribution in [0.2, 0.25) is 5.02 Å². The topological polar surface area (TPSA) is 76.9 Å². The summed E-state index contributed by atoms with van der Waals surface area (Å²) >= 11 is 7.36. The smallest absolute Gasteiger partial charge is 0.241 e. The lowest BCUT2D eigenvalue weighted by molar-refractivity contribution is 0.471. The minimum atomic E-state index is -3.70. The van der Waals surface area contributed by atoms with E-state index in [1.165, 1.54) is 23.9 Å². The Labute approximate surface area is 164 Å². The fourth-order valence-electron chi connectivity index (χ4n) is 2.43. The quantitative estimate of drug-likeness (QED) is 0.491. The van der Waals surface area contributed by atoms with E-state index in [0.29, 0.717) is 23.0 Å². The van der Waals surface area contributed by atoms with Gasteiger partial charge in [-0.3, -0.25) is 0 Å². The third kappa shape index (κ3) is 4.88. The molecule has 6 nitrogen and oxygen atoms in total. The van der Waals surface area contributed by atoms with E-state index in [0.717, 1.165) is 5.16 Å². The van der Waals surface area contributed by atoms with E-state index >= 15 is 0 Å². The molecule has 26 heavy (non-hydrogen) atoms. The van der Waals surface area contributed by atoms with E-state index in [2.05, 4.69) is 21.5 Å². The highest BCUT2D eigenvalue weighted by Crippen LogP contribution is 2.27. The summed E-state index contributed by atoms with van der Waals surface area (Å²) in [5, 5.41) is 9.73. The number of sulfonamides is 1. The number of thioether (sulfide) groups is 1. The number of rotatable bonds is 9. The highest BCUT2D eigenvalue weighted by molar-refractivity contribution is 7.99. The molecule has 0 saturated carbocycles. The molecular weight excluding hydrogens is 392 g/mol. The molecule has 0 aliphatic rings. The minimum absolute atomic E-state index is 0.0985. The number of hydrogen-bond donors (Lipinski definition) is 1. The van der Waals surface area contributed by atoms with Crippen molar-refractivity contribution in [1.82, 2.24) is 19.5 Å². The molecule has 1 atom stereocenters. The summed E-state index contributed by atoms with van der Waals surface area (Å²) in [4.78, 5) is 0.164. The maximum Gasteiger partial charge on any atom is 0.241 e. The van der Waals surface area contributed by atoms with Gasteiger partial charge in [0.2, 0.25) is 10.0 Å². The number of hydrogen-bond acceptors (Lipinski definition) is 5. The Kier molecular flexibility index (Phi) is 7.28. The molecule has 0 amide bonds. The highest BCUT2D eigenvalue weighted by Gasteiger charge is 2.26. The lowest BCUT2D eigenvalue weighted by Gasteiger charge is -2.20. The zero-order valence-corrected chi connectivity index (χ0v) is 17.4. The molecule has 2 aromatic rings. The van der Waals surface area contributed by atoms with Gasteiger partial charge in [-0.25, -0.2) is 13.1 Å². The molecule has 0 spiro atoms. The molecule has 2 rings (SSSR count). The van der Waals surface area contributed by atoms with Gasteiger partial charge in [0.05, 0.1) is 10.9 Å². The number of nitrogens with zero attached hydrogens (tertiary/aromatic N) is 3. The van der Waals surface area contributed by atoms with Gasteiger partial charge in [-0.05, 0) is 44.5 Å². The van der Waals surface area contributed by atoms with Gasteiger partial charge in [0.25, 0.3) is 0 Å². The first-order valence-electron chi connectivity index (χ1n) is 8.26. The monoisotopic (exact) mass is 414 g/mol. The number of aromatic nitrogens is 3. The Balaban J connectivity index is 2.34. The van der Waals surface area contributed by atoms with Crippen molar-refractivity contribution in [3.63, 3.8) is 0 Å². The van der Waals surface area contributed by atoms with Crippen LogP contribution in [-0.4, -0.2) is 28.9 Å². The van der Waals surface area contributed by atoms with Crippen LogP contribution in [0.3, 0.4) is 0 Å². The highest BCUT2D eigenvalue weighted by atomic mass is 35.5. The molecule has 1 aromatic heterocycles. The molecule has 0 unspecified atom stereocenters. The molecule has 0 aliphatic heterocycles. The number of halogens is 1. The zero-order valence-electron chi connectivity index (χ0n) is 15.0. The summed E-state index contributed by atoms with van der Waals surface area (Å²) < 4.78 is 30.1. The van der Waals surface area contributed by atoms with Crippen molar-refractivity contribution >= 4 is 33.4 Å². The first kappa shape index (κ1) is 21.0. The van der Waals surface area contributed by atoms with Crippen LogP contribution >= 0.6 is 23.4 Å². The van der Waals surface area contributed by atoms with E-state index in [4.69, 9.17) is 11.6 Å². The predicted octanol–water partition coefficient (Wildman–Crippen LogP) is 4.22. The van der Waals surface area contributed by atoms with Crippen LogP contribution in [0, 0.1) is 0 Å². The third-order valence-electron chi connectivity index (χ3n) is 3.68. The molecule has 9 heteroatoms. The first-order valence-corrected chi connectivity index (χ1v) is 11.1. The van der Waals surface area contributed by atoms with Crippen molar-refractivity contribution in [2.24, 2.45) is 0 Å². The van der Waals surface area contributed by atoms with Crippen LogP contribution in [0.25, 0.3) is 0 Å².